The van der Waals surface area contributed by atoms with E-state index < -0.39 is 0 Å². The molecule has 15 heavy (non-hydrogen) atoms. The van der Waals surface area contributed by atoms with Gasteiger partial charge in [0.1, 0.15) is 6.29 Å². The van der Waals surface area contributed by atoms with Crippen LogP contribution >= 0.6 is 0 Å². The van der Waals surface area contributed by atoms with Crippen LogP contribution in [0.2, 0.25) is 0 Å². The molecule has 0 radical (unpaired) electrons. The van der Waals surface area contributed by atoms with Gasteiger partial charge in [0.2, 0.25) is 0 Å². The maximum absolute atomic E-state index is 10.1. The largest absolute Gasteiger partial charge is 0.302 e. The summed E-state index contributed by atoms with van der Waals surface area (Å²) >= 11 is 0. The molecule has 0 N–H and O–H groups in total. The number of hydrogen-bond donors (Lipinski definition) is 0. The summed E-state index contributed by atoms with van der Waals surface area (Å²) in [5.74, 6) is 5.72. The molecule has 0 bridgehead atoms. The van der Waals surface area contributed by atoms with Gasteiger partial charge in [-0.15, -0.1) is 0 Å². The van der Waals surface area contributed by atoms with Gasteiger partial charge in [-0.25, -0.2) is 0 Å². The Labute approximate surface area is 88.0 Å². The third kappa shape index (κ3) is 2.21. The number of pyridine rings is 1. The van der Waals surface area contributed by atoms with Gasteiger partial charge in [0.25, 0.3) is 0 Å². The Hall–Kier alpha value is -2.14. The third-order valence-corrected chi connectivity index (χ3v) is 2.06. The van der Waals surface area contributed by atoms with E-state index in [9.17, 15) is 4.79 Å². The van der Waals surface area contributed by atoms with Gasteiger partial charge >= 0.3 is 0 Å². The molecule has 2 heteroatoms. The predicted molar refractivity (Wildman–Crippen MR) is 59.3 cm³/mol. The number of fused-ring (bicyclic) bond motifs is 1. The number of nitrogens with zero attached hydrogens (tertiary/aromatic N) is 1. The van der Waals surface area contributed by atoms with Crippen LogP contribution in [-0.4, -0.2) is 11.3 Å². The van der Waals surface area contributed by atoms with Crippen molar-refractivity contribution >= 4 is 17.1 Å². The quantitative estimate of drug-likeness (QED) is 0.515. The second-order valence-corrected chi connectivity index (χ2v) is 3.11. The fraction of sp³-hybridized carbons (Fsp3) is 0.0769. The third-order valence-electron chi connectivity index (χ3n) is 2.06. The summed E-state index contributed by atoms with van der Waals surface area (Å²) < 4.78 is 0. The molecule has 2 aromatic rings. The summed E-state index contributed by atoms with van der Waals surface area (Å²) in [4.78, 5) is 14.1. The van der Waals surface area contributed by atoms with E-state index in [1.165, 1.54) is 0 Å². The molecule has 1 aromatic carbocycles. The van der Waals surface area contributed by atoms with Gasteiger partial charge in [-0.2, -0.15) is 0 Å². The molecule has 0 aliphatic heterocycles. The first kappa shape index (κ1) is 9.42. The van der Waals surface area contributed by atoms with Crippen LogP contribution in [0.25, 0.3) is 10.8 Å². The topological polar surface area (TPSA) is 30.0 Å². The second-order valence-electron chi connectivity index (χ2n) is 3.11. The number of hydrogen-bond acceptors (Lipinski definition) is 2. The molecule has 0 spiro atoms. The molecule has 0 saturated carbocycles. The fourth-order valence-corrected chi connectivity index (χ4v) is 1.36. The zero-order chi connectivity index (χ0) is 10.5. The minimum absolute atomic E-state index is 0.286. The van der Waals surface area contributed by atoms with Crippen LogP contribution in [0.5, 0.6) is 0 Å². The summed E-state index contributed by atoms with van der Waals surface area (Å²) in [6, 6.07) is 7.85. The minimum atomic E-state index is 0.286. The van der Waals surface area contributed by atoms with Crippen molar-refractivity contribution in [2.24, 2.45) is 0 Å². The normalized spacial score (nSPS) is 9.33. The van der Waals surface area contributed by atoms with E-state index in [4.69, 9.17) is 0 Å². The molecule has 0 aliphatic rings. The van der Waals surface area contributed by atoms with Crippen LogP contribution in [0.1, 0.15) is 12.0 Å². The smallest absolute Gasteiger partial charge is 0.131 e. The Bertz CT molecular complexity index is 549. The number of carbonyl (C=O) groups excluding carboxylic acids is 1. The Morgan fingerprint density at radius 1 is 1.27 bits per heavy atom. The van der Waals surface area contributed by atoms with Crippen molar-refractivity contribution in [1.29, 1.82) is 0 Å². The molecule has 0 aliphatic carbocycles. The van der Waals surface area contributed by atoms with E-state index in [0.717, 1.165) is 22.6 Å². The molecule has 72 valence electrons. The van der Waals surface area contributed by atoms with Gasteiger partial charge < -0.3 is 4.79 Å². The van der Waals surface area contributed by atoms with Crippen LogP contribution in [0, 0.1) is 11.8 Å². The van der Waals surface area contributed by atoms with E-state index in [-0.39, 0.29) is 6.42 Å². The first-order valence-electron chi connectivity index (χ1n) is 4.66. The molecule has 0 saturated heterocycles. The van der Waals surface area contributed by atoms with Crippen molar-refractivity contribution in [3.05, 3.63) is 42.2 Å². The summed E-state index contributed by atoms with van der Waals surface area (Å²) in [5, 5.41) is 2.21. The van der Waals surface area contributed by atoms with Crippen LogP contribution in [0.15, 0.2) is 36.7 Å². The number of benzene rings is 1. The molecule has 1 aromatic heterocycles. The highest BCUT2D eigenvalue weighted by atomic mass is 16.1. The van der Waals surface area contributed by atoms with Gasteiger partial charge in [0, 0.05) is 23.3 Å². The molecule has 2 rings (SSSR count). The van der Waals surface area contributed by atoms with E-state index in [0.29, 0.717) is 0 Å². The Kier molecular flexibility index (Phi) is 2.75. The van der Waals surface area contributed by atoms with Crippen molar-refractivity contribution in [3.63, 3.8) is 0 Å². The van der Waals surface area contributed by atoms with Gasteiger partial charge in [-0.3, -0.25) is 4.98 Å². The number of carbonyl (C=O) groups is 1. The molecule has 0 amide bonds. The van der Waals surface area contributed by atoms with E-state index >= 15 is 0 Å². The standard InChI is InChI=1S/C13H9NO/c15-8-2-1-3-11-4-5-13-10-14-7-6-12(13)9-11/h4-10H,2H2. The van der Waals surface area contributed by atoms with Crippen LogP contribution < -0.4 is 0 Å². The van der Waals surface area contributed by atoms with Crippen molar-refractivity contribution in [2.75, 3.05) is 0 Å². The Morgan fingerprint density at radius 3 is 3.07 bits per heavy atom. The highest BCUT2D eigenvalue weighted by molar-refractivity contribution is 5.82. The Balaban J connectivity index is 2.40. The number of aromatic nitrogens is 1. The minimum Gasteiger partial charge on any atom is -0.302 e. The van der Waals surface area contributed by atoms with Crippen molar-refractivity contribution in [3.8, 4) is 11.8 Å². The molecule has 0 fully saturated rings. The second kappa shape index (κ2) is 4.39. The van der Waals surface area contributed by atoms with Crippen LogP contribution in [0.3, 0.4) is 0 Å². The van der Waals surface area contributed by atoms with Crippen LogP contribution in [0.4, 0.5) is 0 Å². The summed E-state index contributed by atoms with van der Waals surface area (Å²) in [6.45, 7) is 0. The highest BCUT2D eigenvalue weighted by Crippen LogP contribution is 2.13. The van der Waals surface area contributed by atoms with Crippen molar-refractivity contribution in [1.82, 2.24) is 4.98 Å². The van der Waals surface area contributed by atoms with Crippen molar-refractivity contribution in [2.45, 2.75) is 6.42 Å². The van der Waals surface area contributed by atoms with E-state index in [1.54, 1.807) is 6.20 Å². The highest BCUT2D eigenvalue weighted by Gasteiger charge is 1.92. The lowest BCUT2D eigenvalue weighted by Gasteiger charge is -1.96. The predicted octanol–water partition coefficient (Wildman–Crippen LogP) is 2.18. The molecule has 0 atom stereocenters. The first-order valence-corrected chi connectivity index (χ1v) is 4.66. The zero-order valence-corrected chi connectivity index (χ0v) is 8.10. The summed E-state index contributed by atoms with van der Waals surface area (Å²) in [6.07, 6.45) is 4.66. The monoisotopic (exact) mass is 195 g/mol. The lowest BCUT2D eigenvalue weighted by atomic mass is 10.1. The van der Waals surface area contributed by atoms with Gasteiger partial charge in [0.15, 0.2) is 0 Å². The first-order chi connectivity index (χ1) is 7.40. The zero-order valence-electron chi connectivity index (χ0n) is 8.10. The van der Waals surface area contributed by atoms with Crippen molar-refractivity contribution < 1.29 is 4.79 Å². The van der Waals surface area contributed by atoms with Gasteiger partial charge in [-0.1, -0.05) is 17.9 Å². The lowest BCUT2D eigenvalue weighted by Crippen LogP contribution is -1.78. The Morgan fingerprint density at radius 2 is 2.20 bits per heavy atom. The maximum Gasteiger partial charge on any atom is 0.131 e. The molecular formula is C13H9NO. The van der Waals surface area contributed by atoms with E-state index in [2.05, 4.69) is 16.8 Å². The summed E-state index contributed by atoms with van der Waals surface area (Å²) in [5.41, 5.74) is 0.926. The molecule has 2 nitrogen and oxygen atoms in total. The van der Waals surface area contributed by atoms with Gasteiger partial charge in [-0.05, 0) is 23.6 Å². The SMILES string of the molecule is O=CCC#Cc1ccc2cnccc2c1. The number of rotatable bonds is 1. The average Bonchev–Trinajstić information content (AvgIpc) is 2.29. The molecular weight excluding hydrogens is 186 g/mol. The maximum atomic E-state index is 10.1. The van der Waals surface area contributed by atoms with Crippen LogP contribution in [-0.2, 0) is 4.79 Å². The fourth-order valence-electron chi connectivity index (χ4n) is 1.36. The summed E-state index contributed by atoms with van der Waals surface area (Å²) in [7, 11) is 0. The molecule has 0 unspecified atom stereocenters. The molecule has 1 heterocycles. The lowest BCUT2D eigenvalue weighted by molar-refractivity contribution is -0.107. The van der Waals surface area contributed by atoms with Gasteiger partial charge in [0.05, 0.1) is 6.42 Å². The average molecular weight is 195 g/mol. The van der Waals surface area contributed by atoms with E-state index in [1.807, 2.05) is 30.5 Å². The number of aldehydes is 1.